The van der Waals surface area contributed by atoms with E-state index in [1.54, 1.807) is 12.1 Å². The number of carboxylic acid groups (broad SMARTS) is 1. The number of hydrogen-bond acceptors (Lipinski definition) is 2. The van der Waals surface area contributed by atoms with Crippen LogP contribution in [0.25, 0.3) is 0 Å². The van der Waals surface area contributed by atoms with Crippen LogP contribution in [0.15, 0.2) is 54.6 Å². The summed E-state index contributed by atoms with van der Waals surface area (Å²) in [6, 6.07) is 15.6. The molecule has 0 saturated carbocycles. The second-order valence-electron chi connectivity index (χ2n) is 3.24. The predicted molar refractivity (Wildman–Crippen MR) is 74.9 cm³/mol. The van der Waals surface area contributed by atoms with Gasteiger partial charge in [-0.15, -0.1) is 0 Å². The molecule has 2 rings (SSSR count). The third kappa shape index (κ3) is 5.23. The number of rotatable bonds is 3. The highest BCUT2D eigenvalue weighted by Gasteiger charge is 2.02. The standard InChI is InChI=1S/C13H10O3.C2H6.H2O/c14-13(15)10-6-8-12(9-7-10)16-11-4-2-1-3-5-11;1-2;/h1-9H,(H,14,15);1-2H3;1H2. The van der Waals surface area contributed by atoms with Crippen molar-refractivity contribution in [2.24, 2.45) is 0 Å². The van der Waals surface area contributed by atoms with E-state index in [4.69, 9.17) is 9.84 Å². The minimum absolute atomic E-state index is 0. The van der Waals surface area contributed by atoms with Gasteiger partial charge in [-0.2, -0.15) is 0 Å². The molecule has 0 spiro atoms. The average molecular weight is 262 g/mol. The first-order chi connectivity index (χ1) is 8.75. The Kier molecular flexibility index (Phi) is 7.65. The number of carboxylic acids is 1. The van der Waals surface area contributed by atoms with Crippen LogP contribution in [0.3, 0.4) is 0 Å². The van der Waals surface area contributed by atoms with E-state index in [2.05, 4.69) is 0 Å². The molecule has 0 amide bonds. The molecule has 0 unspecified atom stereocenters. The van der Waals surface area contributed by atoms with Gasteiger partial charge in [0.25, 0.3) is 0 Å². The first-order valence-electron chi connectivity index (χ1n) is 5.82. The Hall–Kier alpha value is -2.33. The van der Waals surface area contributed by atoms with Crippen molar-refractivity contribution in [1.82, 2.24) is 0 Å². The quantitative estimate of drug-likeness (QED) is 0.920. The van der Waals surface area contributed by atoms with Crippen LogP contribution in [-0.2, 0) is 0 Å². The fourth-order valence-corrected chi connectivity index (χ4v) is 1.29. The highest BCUT2D eigenvalue weighted by Crippen LogP contribution is 2.20. The van der Waals surface area contributed by atoms with Gasteiger partial charge in [0.1, 0.15) is 11.5 Å². The highest BCUT2D eigenvalue weighted by molar-refractivity contribution is 5.87. The van der Waals surface area contributed by atoms with Crippen LogP contribution in [0.4, 0.5) is 0 Å². The summed E-state index contributed by atoms with van der Waals surface area (Å²) in [6.07, 6.45) is 0. The molecule has 0 aliphatic heterocycles. The molecule has 0 aliphatic carbocycles. The molecule has 4 heteroatoms. The van der Waals surface area contributed by atoms with E-state index in [-0.39, 0.29) is 11.0 Å². The number of benzene rings is 2. The lowest BCUT2D eigenvalue weighted by atomic mass is 10.2. The van der Waals surface area contributed by atoms with Gasteiger partial charge in [0.2, 0.25) is 0 Å². The Labute approximate surface area is 112 Å². The Bertz CT molecular complexity index is 477. The molecule has 0 aliphatic rings. The van der Waals surface area contributed by atoms with Gasteiger partial charge in [-0.1, -0.05) is 32.0 Å². The molecule has 2 aromatic rings. The normalized spacial score (nSPS) is 8.53. The summed E-state index contributed by atoms with van der Waals surface area (Å²) < 4.78 is 5.52. The van der Waals surface area contributed by atoms with E-state index in [1.807, 2.05) is 44.2 Å². The lowest BCUT2D eigenvalue weighted by molar-refractivity contribution is 0.0697. The largest absolute Gasteiger partial charge is 0.478 e. The van der Waals surface area contributed by atoms with Gasteiger partial charge in [-0.25, -0.2) is 4.79 Å². The number of ether oxygens (including phenoxy) is 1. The SMILES string of the molecule is CC.O.O=C(O)c1ccc(Oc2ccccc2)cc1. The van der Waals surface area contributed by atoms with Crippen molar-refractivity contribution in [2.75, 3.05) is 0 Å². The summed E-state index contributed by atoms with van der Waals surface area (Å²) in [5.74, 6) is 0.410. The number of para-hydroxylation sites is 1. The summed E-state index contributed by atoms with van der Waals surface area (Å²) in [5, 5.41) is 8.72. The monoisotopic (exact) mass is 262 g/mol. The molecule has 0 atom stereocenters. The Morgan fingerprint density at radius 3 is 1.84 bits per heavy atom. The fourth-order valence-electron chi connectivity index (χ4n) is 1.29. The van der Waals surface area contributed by atoms with Crippen LogP contribution in [0.1, 0.15) is 24.2 Å². The van der Waals surface area contributed by atoms with Crippen molar-refractivity contribution in [1.29, 1.82) is 0 Å². The average Bonchev–Trinajstić information content (AvgIpc) is 2.43. The summed E-state index contributed by atoms with van der Waals surface area (Å²) in [7, 11) is 0. The molecule has 0 fully saturated rings. The second kappa shape index (κ2) is 8.72. The fraction of sp³-hybridized carbons (Fsp3) is 0.133. The zero-order valence-electron chi connectivity index (χ0n) is 11.0. The molecule has 19 heavy (non-hydrogen) atoms. The van der Waals surface area contributed by atoms with Crippen molar-refractivity contribution >= 4 is 5.97 Å². The maximum atomic E-state index is 10.6. The van der Waals surface area contributed by atoms with Crippen LogP contribution >= 0.6 is 0 Å². The van der Waals surface area contributed by atoms with Gasteiger partial charge in [0, 0.05) is 0 Å². The van der Waals surface area contributed by atoms with Crippen molar-refractivity contribution in [3.05, 3.63) is 60.2 Å². The minimum Gasteiger partial charge on any atom is -0.478 e. The van der Waals surface area contributed by atoms with E-state index in [9.17, 15) is 4.79 Å². The van der Waals surface area contributed by atoms with Crippen LogP contribution in [0.2, 0.25) is 0 Å². The zero-order chi connectivity index (χ0) is 13.4. The molecular formula is C15H18O4. The van der Waals surface area contributed by atoms with Gasteiger partial charge in [-0.3, -0.25) is 0 Å². The van der Waals surface area contributed by atoms with Gasteiger partial charge in [0.15, 0.2) is 0 Å². The first kappa shape index (κ1) is 16.7. The van der Waals surface area contributed by atoms with Crippen molar-refractivity contribution in [3.63, 3.8) is 0 Å². The molecular weight excluding hydrogens is 244 g/mol. The number of carbonyl (C=O) groups is 1. The smallest absolute Gasteiger partial charge is 0.335 e. The topological polar surface area (TPSA) is 78.0 Å². The highest BCUT2D eigenvalue weighted by atomic mass is 16.5. The summed E-state index contributed by atoms with van der Waals surface area (Å²) in [6.45, 7) is 4.00. The van der Waals surface area contributed by atoms with E-state index in [0.717, 1.165) is 5.75 Å². The van der Waals surface area contributed by atoms with Crippen molar-refractivity contribution in [2.45, 2.75) is 13.8 Å². The zero-order valence-corrected chi connectivity index (χ0v) is 11.0. The summed E-state index contributed by atoms with van der Waals surface area (Å²) >= 11 is 0. The molecule has 0 radical (unpaired) electrons. The van der Waals surface area contributed by atoms with Gasteiger partial charge in [0.05, 0.1) is 5.56 Å². The first-order valence-corrected chi connectivity index (χ1v) is 5.82. The van der Waals surface area contributed by atoms with Crippen molar-refractivity contribution in [3.8, 4) is 11.5 Å². The summed E-state index contributed by atoms with van der Waals surface area (Å²) in [5.41, 5.74) is 0.250. The molecule has 3 N–H and O–H groups in total. The molecule has 0 bridgehead atoms. The third-order valence-corrected chi connectivity index (χ3v) is 2.08. The maximum absolute atomic E-state index is 10.6. The van der Waals surface area contributed by atoms with Gasteiger partial charge in [-0.05, 0) is 36.4 Å². The molecule has 0 saturated heterocycles. The summed E-state index contributed by atoms with van der Waals surface area (Å²) in [4.78, 5) is 10.6. The van der Waals surface area contributed by atoms with E-state index >= 15 is 0 Å². The van der Waals surface area contributed by atoms with Crippen LogP contribution < -0.4 is 4.74 Å². The van der Waals surface area contributed by atoms with E-state index in [0.29, 0.717) is 5.75 Å². The molecule has 102 valence electrons. The molecule has 0 heterocycles. The van der Waals surface area contributed by atoms with Gasteiger partial charge >= 0.3 is 5.97 Å². The lowest BCUT2D eigenvalue weighted by Gasteiger charge is -2.05. The Morgan fingerprint density at radius 2 is 1.37 bits per heavy atom. The Morgan fingerprint density at radius 1 is 0.895 bits per heavy atom. The molecule has 2 aromatic carbocycles. The van der Waals surface area contributed by atoms with Crippen LogP contribution in [0, 0.1) is 0 Å². The Balaban J connectivity index is 0.00000103. The van der Waals surface area contributed by atoms with Crippen LogP contribution in [0.5, 0.6) is 11.5 Å². The van der Waals surface area contributed by atoms with Crippen LogP contribution in [-0.4, -0.2) is 16.6 Å². The lowest BCUT2D eigenvalue weighted by Crippen LogP contribution is -1.95. The predicted octanol–water partition coefficient (Wildman–Crippen LogP) is 3.38. The van der Waals surface area contributed by atoms with Crippen molar-refractivity contribution < 1.29 is 20.1 Å². The molecule has 0 aromatic heterocycles. The van der Waals surface area contributed by atoms with E-state index < -0.39 is 5.97 Å². The van der Waals surface area contributed by atoms with E-state index in [1.165, 1.54) is 12.1 Å². The van der Waals surface area contributed by atoms with Gasteiger partial charge < -0.3 is 15.3 Å². The number of hydrogen-bond donors (Lipinski definition) is 1. The molecule has 4 nitrogen and oxygen atoms in total. The number of aromatic carboxylic acids is 1. The maximum Gasteiger partial charge on any atom is 0.335 e. The third-order valence-electron chi connectivity index (χ3n) is 2.08. The minimum atomic E-state index is -0.939. The second-order valence-corrected chi connectivity index (χ2v) is 3.24.